The molecule has 0 amide bonds. The summed E-state index contributed by atoms with van der Waals surface area (Å²) < 4.78 is 1.46. The molecule has 0 aliphatic heterocycles. The van der Waals surface area contributed by atoms with Crippen molar-refractivity contribution in [3.63, 3.8) is 0 Å². The average Bonchev–Trinajstić information content (AvgIpc) is 3.31. The molecule has 0 atom stereocenters. The second kappa shape index (κ2) is 10.2. The van der Waals surface area contributed by atoms with Crippen LogP contribution in [0.15, 0.2) is 77.6 Å². The average molecular weight is 493 g/mol. The zero-order valence-corrected chi connectivity index (χ0v) is 20.9. The van der Waals surface area contributed by atoms with Gasteiger partial charge in [-0.25, -0.2) is 14.5 Å². The Hall–Kier alpha value is -4.52. The van der Waals surface area contributed by atoms with Gasteiger partial charge in [0.1, 0.15) is 5.82 Å². The second-order valence-electron chi connectivity index (χ2n) is 9.24. The van der Waals surface area contributed by atoms with Crippen LogP contribution in [0.4, 0.5) is 0 Å². The van der Waals surface area contributed by atoms with E-state index < -0.39 is 5.97 Å². The van der Waals surface area contributed by atoms with Crippen molar-refractivity contribution in [1.82, 2.24) is 19.7 Å². The summed E-state index contributed by atoms with van der Waals surface area (Å²) >= 11 is 0. The predicted molar refractivity (Wildman–Crippen MR) is 145 cm³/mol. The summed E-state index contributed by atoms with van der Waals surface area (Å²) in [4.78, 5) is 32.4. The Balaban J connectivity index is 1.43. The van der Waals surface area contributed by atoms with Crippen molar-refractivity contribution in [3.8, 4) is 22.4 Å². The third-order valence-electron chi connectivity index (χ3n) is 6.51. The maximum Gasteiger partial charge on any atom is 0.336 e. The number of fused-ring (bicyclic) bond motifs is 1. The molecule has 2 heterocycles. The molecule has 0 saturated heterocycles. The van der Waals surface area contributed by atoms with Crippen molar-refractivity contribution >= 4 is 17.0 Å². The number of H-pyrrole nitrogens is 1. The number of carboxylic acids is 1. The van der Waals surface area contributed by atoms with E-state index >= 15 is 0 Å². The number of hydrogen-bond acceptors (Lipinski definition) is 4. The van der Waals surface area contributed by atoms with Crippen LogP contribution in [-0.2, 0) is 13.0 Å². The lowest BCUT2D eigenvalue weighted by atomic mass is 9.99. The number of aromatic nitrogens is 4. The van der Waals surface area contributed by atoms with Gasteiger partial charge in [0.2, 0.25) is 0 Å². The van der Waals surface area contributed by atoms with Crippen LogP contribution < -0.4 is 5.56 Å². The largest absolute Gasteiger partial charge is 0.478 e. The molecule has 7 nitrogen and oxygen atoms in total. The van der Waals surface area contributed by atoms with E-state index in [1.165, 1.54) is 4.68 Å². The Labute approximate surface area is 214 Å². The number of carbonyl (C=O) groups is 1. The molecule has 0 unspecified atom stereocenters. The number of carboxylic acid groups (broad SMARTS) is 1. The minimum absolute atomic E-state index is 0.175. The normalized spacial score (nSPS) is 11.2. The van der Waals surface area contributed by atoms with Crippen molar-refractivity contribution in [3.05, 3.63) is 106 Å². The lowest BCUT2D eigenvalue weighted by molar-refractivity contribution is 0.0697. The monoisotopic (exact) mass is 492 g/mol. The second-order valence-corrected chi connectivity index (χ2v) is 9.24. The maximum absolute atomic E-state index is 12.8. The molecular weight excluding hydrogens is 464 g/mol. The first-order valence-corrected chi connectivity index (χ1v) is 12.4. The topological polar surface area (TPSA) is 101 Å². The number of aromatic amines is 1. The first-order valence-electron chi connectivity index (χ1n) is 12.4. The van der Waals surface area contributed by atoms with Gasteiger partial charge in [-0.1, -0.05) is 61.9 Å². The fourth-order valence-electron chi connectivity index (χ4n) is 4.53. The molecule has 2 N–H and O–H groups in total. The van der Waals surface area contributed by atoms with Crippen molar-refractivity contribution in [1.29, 1.82) is 0 Å². The maximum atomic E-state index is 12.8. The van der Waals surface area contributed by atoms with Crippen molar-refractivity contribution in [2.45, 2.75) is 39.7 Å². The van der Waals surface area contributed by atoms with Gasteiger partial charge in [0.05, 0.1) is 28.8 Å². The van der Waals surface area contributed by atoms with Gasteiger partial charge in [0, 0.05) is 18.1 Å². The van der Waals surface area contributed by atoms with Gasteiger partial charge in [0.15, 0.2) is 0 Å². The molecule has 0 saturated carbocycles. The van der Waals surface area contributed by atoms with E-state index in [4.69, 9.17) is 5.10 Å². The highest BCUT2D eigenvalue weighted by molar-refractivity contribution is 5.96. The van der Waals surface area contributed by atoms with Gasteiger partial charge >= 0.3 is 5.97 Å². The summed E-state index contributed by atoms with van der Waals surface area (Å²) in [7, 11) is 0. The lowest BCUT2D eigenvalue weighted by Crippen LogP contribution is -2.24. The summed E-state index contributed by atoms with van der Waals surface area (Å²) in [6, 6.07) is 22.1. The predicted octanol–water partition coefficient (Wildman–Crippen LogP) is 5.85. The zero-order chi connectivity index (χ0) is 25.9. The van der Waals surface area contributed by atoms with Crippen LogP contribution in [-0.4, -0.2) is 30.8 Å². The Morgan fingerprint density at radius 1 is 1.00 bits per heavy atom. The molecule has 0 bridgehead atoms. The molecule has 5 rings (SSSR count). The number of rotatable bonds is 8. The molecule has 2 aromatic heterocycles. The number of hydrogen-bond donors (Lipinski definition) is 2. The zero-order valence-electron chi connectivity index (χ0n) is 20.9. The molecular formula is C30H28N4O3. The van der Waals surface area contributed by atoms with Crippen molar-refractivity contribution < 1.29 is 9.90 Å². The molecule has 0 aliphatic carbocycles. The van der Waals surface area contributed by atoms with Gasteiger partial charge in [-0.2, -0.15) is 5.10 Å². The molecule has 0 spiro atoms. The van der Waals surface area contributed by atoms with Gasteiger partial charge in [-0.05, 0) is 53.8 Å². The van der Waals surface area contributed by atoms with Crippen LogP contribution in [0.3, 0.4) is 0 Å². The molecule has 5 aromatic rings. The Morgan fingerprint density at radius 2 is 1.76 bits per heavy atom. The molecule has 0 fully saturated rings. The third-order valence-corrected chi connectivity index (χ3v) is 6.51. The summed E-state index contributed by atoms with van der Waals surface area (Å²) in [5.41, 5.74) is 6.79. The number of benzene rings is 3. The molecule has 7 heteroatoms. The van der Waals surface area contributed by atoms with Crippen LogP contribution >= 0.6 is 0 Å². The Bertz CT molecular complexity index is 1650. The highest BCUT2D eigenvalue weighted by atomic mass is 16.4. The molecule has 186 valence electrons. The third kappa shape index (κ3) is 5.07. The van der Waals surface area contributed by atoms with Gasteiger partial charge in [-0.3, -0.25) is 4.79 Å². The number of nitrogens with zero attached hydrogens (tertiary/aromatic N) is 3. The highest BCUT2D eigenvalue weighted by Gasteiger charge is 2.13. The first kappa shape index (κ1) is 24.2. The van der Waals surface area contributed by atoms with Crippen LogP contribution in [0.1, 0.15) is 47.1 Å². The van der Waals surface area contributed by atoms with Crippen LogP contribution in [0.5, 0.6) is 0 Å². The van der Waals surface area contributed by atoms with Crippen LogP contribution in [0.25, 0.3) is 33.4 Å². The van der Waals surface area contributed by atoms with Crippen molar-refractivity contribution in [2.75, 3.05) is 0 Å². The van der Waals surface area contributed by atoms with Gasteiger partial charge in [-0.15, -0.1) is 0 Å². The SMILES string of the molecule is CCCCc1nc2ccc(-c3nn(Cc4ccc(-c5ccccc5C(=O)O)cc4)c(=O)cc3C)cc2[nH]1. The minimum Gasteiger partial charge on any atom is -0.478 e. The summed E-state index contributed by atoms with van der Waals surface area (Å²) in [6.07, 6.45) is 3.13. The van der Waals surface area contributed by atoms with Crippen LogP contribution in [0.2, 0.25) is 0 Å². The lowest BCUT2D eigenvalue weighted by Gasteiger charge is -2.11. The van der Waals surface area contributed by atoms with E-state index in [-0.39, 0.29) is 11.1 Å². The van der Waals surface area contributed by atoms with E-state index in [0.717, 1.165) is 64.1 Å². The first-order chi connectivity index (χ1) is 17.9. The fraction of sp³-hybridized carbons (Fsp3) is 0.200. The van der Waals surface area contributed by atoms with E-state index in [2.05, 4.69) is 16.9 Å². The van der Waals surface area contributed by atoms with E-state index in [9.17, 15) is 14.7 Å². The van der Waals surface area contributed by atoms with E-state index in [0.29, 0.717) is 12.1 Å². The molecule has 3 aromatic carbocycles. The standard InChI is InChI=1S/C30H28N4O3/c1-3-4-9-27-31-25-15-14-22(17-26(25)32-27)29-19(2)16-28(35)34(33-29)18-20-10-12-21(13-11-20)23-7-5-6-8-24(23)30(36)37/h5-8,10-17H,3-4,9,18H2,1-2H3,(H,31,32)(H,36,37). The van der Waals surface area contributed by atoms with Gasteiger partial charge in [0.25, 0.3) is 5.56 Å². The molecule has 0 aliphatic rings. The van der Waals surface area contributed by atoms with Crippen LogP contribution in [0, 0.1) is 6.92 Å². The number of nitrogens with one attached hydrogen (secondary N) is 1. The molecule has 0 radical (unpaired) electrons. The van der Waals surface area contributed by atoms with Crippen molar-refractivity contribution in [2.24, 2.45) is 0 Å². The summed E-state index contributed by atoms with van der Waals surface area (Å²) in [5, 5.41) is 14.2. The van der Waals surface area contributed by atoms with E-state index in [1.807, 2.05) is 55.5 Å². The van der Waals surface area contributed by atoms with Gasteiger partial charge < -0.3 is 10.1 Å². The highest BCUT2D eigenvalue weighted by Crippen LogP contribution is 2.26. The number of aromatic carboxylic acids is 1. The Morgan fingerprint density at radius 3 is 2.51 bits per heavy atom. The number of unbranched alkanes of at least 4 members (excludes halogenated alkanes) is 1. The fourth-order valence-corrected chi connectivity index (χ4v) is 4.53. The summed E-state index contributed by atoms with van der Waals surface area (Å²) in [5.74, 6) is 0.0196. The number of aryl methyl sites for hydroxylation is 2. The smallest absolute Gasteiger partial charge is 0.336 e. The minimum atomic E-state index is -0.965. The summed E-state index contributed by atoms with van der Waals surface area (Å²) in [6.45, 7) is 4.37. The molecule has 37 heavy (non-hydrogen) atoms. The number of imidazole rings is 1. The van der Waals surface area contributed by atoms with E-state index in [1.54, 1.807) is 24.3 Å². The Kier molecular flexibility index (Phi) is 6.68. The quantitative estimate of drug-likeness (QED) is 0.283.